The van der Waals surface area contributed by atoms with Gasteiger partial charge in [0.05, 0.1) is 5.56 Å². The van der Waals surface area contributed by atoms with E-state index in [0.717, 1.165) is 46.5 Å². The Labute approximate surface area is 198 Å². The number of aromatic hydroxyl groups is 1. The van der Waals surface area contributed by atoms with Crippen LogP contribution in [0.5, 0.6) is 5.75 Å². The first-order chi connectivity index (χ1) is 14.6. The van der Waals surface area contributed by atoms with Gasteiger partial charge in [-0.1, -0.05) is 62.3 Å². The minimum Gasteiger partial charge on any atom is -0.507 e. The van der Waals surface area contributed by atoms with Gasteiger partial charge in [0.15, 0.2) is 0 Å². The third-order valence-electron chi connectivity index (χ3n) is 6.66. The van der Waals surface area contributed by atoms with E-state index < -0.39 is 0 Å². The van der Waals surface area contributed by atoms with E-state index >= 15 is 0 Å². The highest BCUT2D eigenvalue weighted by atomic mass is 32.1. The standard InChI is InChI=1S/C28H38N2OS/c1-26(2,3)18-10-11-19-20(15-29)25(32-23(19)14-18)30-16-17-12-21(27(4,5)6)24(31)22(13-17)28(7,8)9/h12-13,16,18,31H,10-11,14H2,1-9H3/t18-/m0/s1. The largest absolute Gasteiger partial charge is 0.507 e. The summed E-state index contributed by atoms with van der Waals surface area (Å²) in [7, 11) is 0. The summed E-state index contributed by atoms with van der Waals surface area (Å²) in [6, 6.07) is 6.49. The summed E-state index contributed by atoms with van der Waals surface area (Å²) in [5.41, 5.74) is 4.67. The molecule has 1 aromatic heterocycles. The predicted molar refractivity (Wildman–Crippen MR) is 137 cm³/mol. The second kappa shape index (κ2) is 8.34. The van der Waals surface area contributed by atoms with Crippen molar-refractivity contribution in [2.24, 2.45) is 16.3 Å². The Morgan fingerprint density at radius 3 is 2.06 bits per heavy atom. The van der Waals surface area contributed by atoms with E-state index in [4.69, 9.17) is 4.99 Å². The van der Waals surface area contributed by atoms with Crippen LogP contribution >= 0.6 is 11.3 Å². The lowest BCUT2D eigenvalue weighted by molar-refractivity contribution is 0.218. The van der Waals surface area contributed by atoms with Crippen molar-refractivity contribution in [3.63, 3.8) is 0 Å². The number of hydrogen-bond acceptors (Lipinski definition) is 4. The third-order valence-corrected chi connectivity index (χ3v) is 7.82. The van der Waals surface area contributed by atoms with Crippen LogP contribution in [0.2, 0.25) is 0 Å². The van der Waals surface area contributed by atoms with Crippen LogP contribution in [-0.4, -0.2) is 11.3 Å². The number of phenols is 1. The van der Waals surface area contributed by atoms with Gasteiger partial charge in [-0.2, -0.15) is 5.26 Å². The van der Waals surface area contributed by atoms with Crippen LogP contribution in [0.15, 0.2) is 17.1 Å². The van der Waals surface area contributed by atoms with Gasteiger partial charge in [0.2, 0.25) is 0 Å². The van der Waals surface area contributed by atoms with E-state index in [0.29, 0.717) is 11.7 Å². The van der Waals surface area contributed by atoms with Gasteiger partial charge < -0.3 is 5.11 Å². The van der Waals surface area contributed by atoms with Gasteiger partial charge in [0, 0.05) is 22.2 Å². The number of rotatable bonds is 2. The number of thiophene rings is 1. The summed E-state index contributed by atoms with van der Waals surface area (Å²) in [5.74, 6) is 1.01. The fourth-order valence-corrected chi connectivity index (χ4v) is 5.75. The number of hydrogen-bond donors (Lipinski definition) is 1. The van der Waals surface area contributed by atoms with E-state index in [1.54, 1.807) is 11.3 Å². The average molecular weight is 451 g/mol. The molecule has 0 spiro atoms. The van der Waals surface area contributed by atoms with Crippen LogP contribution < -0.4 is 0 Å². The molecule has 0 amide bonds. The quantitative estimate of drug-likeness (QED) is 0.474. The summed E-state index contributed by atoms with van der Waals surface area (Å²) in [6.07, 6.45) is 5.00. The molecule has 3 rings (SSSR count). The molecule has 1 aliphatic rings. The Bertz CT molecular complexity index is 1040. The molecule has 4 heteroatoms. The molecular formula is C28H38N2OS. The summed E-state index contributed by atoms with van der Waals surface area (Å²) in [4.78, 5) is 6.13. The molecule has 32 heavy (non-hydrogen) atoms. The van der Waals surface area contributed by atoms with Crippen LogP contribution in [0, 0.1) is 22.7 Å². The van der Waals surface area contributed by atoms with Crippen molar-refractivity contribution < 1.29 is 5.11 Å². The summed E-state index contributed by atoms with van der Waals surface area (Å²) >= 11 is 1.68. The fraction of sp³-hybridized carbons (Fsp3) is 0.571. The minimum absolute atomic E-state index is 0.185. The highest BCUT2D eigenvalue weighted by molar-refractivity contribution is 7.16. The molecule has 1 aliphatic carbocycles. The van der Waals surface area contributed by atoms with Crippen molar-refractivity contribution in [2.75, 3.05) is 0 Å². The van der Waals surface area contributed by atoms with Crippen LogP contribution in [0.1, 0.15) is 101 Å². The van der Waals surface area contributed by atoms with Crippen molar-refractivity contribution >= 4 is 22.6 Å². The third kappa shape index (κ3) is 4.94. The lowest BCUT2D eigenvalue weighted by atomic mass is 9.72. The molecule has 0 saturated heterocycles. The molecule has 1 N–H and O–H groups in total. The van der Waals surface area contributed by atoms with Gasteiger partial charge in [-0.15, -0.1) is 11.3 Å². The molecule has 1 heterocycles. The smallest absolute Gasteiger partial charge is 0.134 e. The van der Waals surface area contributed by atoms with E-state index in [-0.39, 0.29) is 16.2 Å². The van der Waals surface area contributed by atoms with Crippen LogP contribution in [-0.2, 0) is 23.7 Å². The molecule has 3 nitrogen and oxygen atoms in total. The maximum atomic E-state index is 11.0. The SMILES string of the molecule is CC(C)(C)c1cc(C=Nc2sc3c(c2C#N)CC[C@H](C(C)(C)C)C3)cc(C(C)(C)C)c1O. The topological polar surface area (TPSA) is 56.4 Å². The van der Waals surface area contributed by atoms with E-state index in [1.807, 2.05) is 18.3 Å². The molecule has 1 aromatic carbocycles. The first kappa shape index (κ1) is 24.5. The zero-order valence-electron chi connectivity index (χ0n) is 21.2. The van der Waals surface area contributed by atoms with Crippen LogP contribution in [0.4, 0.5) is 5.00 Å². The van der Waals surface area contributed by atoms with Gasteiger partial charge in [-0.05, 0) is 64.7 Å². The average Bonchev–Trinajstić information content (AvgIpc) is 3.01. The predicted octanol–water partition coefficient (Wildman–Crippen LogP) is 7.82. The lowest BCUT2D eigenvalue weighted by Crippen LogP contribution is -2.26. The van der Waals surface area contributed by atoms with Crippen molar-refractivity contribution in [2.45, 2.75) is 92.4 Å². The second-order valence-corrected chi connectivity index (χ2v) is 13.4. The van der Waals surface area contributed by atoms with Gasteiger partial charge in [-0.25, -0.2) is 4.99 Å². The van der Waals surface area contributed by atoms with Crippen molar-refractivity contribution in [3.8, 4) is 11.8 Å². The Morgan fingerprint density at radius 2 is 1.59 bits per heavy atom. The molecule has 2 aromatic rings. The van der Waals surface area contributed by atoms with E-state index in [1.165, 1.54) is 10.4 Å². The van der Waals surface area contributed by atoms with Gasteiger partial charge in [-0.3, -0.25) is 0 Å². The number of nitrogens with zero attached hydrogens (tertiary/aromatic N) is 2. The Balaban J connectivity index is 2.04. The molecule has 0 fully saturated rings. The highest BCUT2D eigenvalue weighted by Gasteiger charge is 2.32. The lowest BCUT2D eigenvalue weighted by Gasteiger charge is -2.33. The summed E-state index contributed by atoms with van der Waals surface area (Å²) in [6.45, 7) is 19.6. The molecule has 172 valence electrons. The van der Waals surface area contributed by atoms with Crippen LogP contribution in [0.3, 0.4) is 0 Å². The summed E-state index contributed by atoms with van der Waals surface area (Å²) < 4.78 is 0. The van der Waals surface area contributed by atoms with Gasteiger partial charge >= 0.3 is 0 Å². The van der Waals surface area contributed by atoms with E-state index in [2.05, 4.69) is 68.4 Å². The van der Waals surface area contributed by atoms with Gasteiger partial charge in [0.25, 0.3) is 0 Å². The molecule has 0 radical (unpaired) electrons. The first-order valence-electron chi connectivity index (χ1n) is 11.6. The van der Waals surface area contributed by atoms with Crippen LogP contribution in [0.25, 0.3) is 0 Å². The molecule has 0 aliphatic heterocycles. The maximum absolute atomic E-state index is 11.0. The van der Waals surface area contributed by atoms with E-state index in [9.17, 15) is 10.4 Å². The zero-order valence-corrected chi connectivity index (χ0v) is 22.0. The summed E-state index contributed by atoms with van der Waals surface area (Å²) in [5, 5.41) is 21.7. The molecule has 0 bridgehead atoms. The Hall–Kier alpha value is -2.12. The highest BCUT2D eigenvalue weighted by Crippen LogP contribution is 2.45. The Morgan fingerprint density at radius 1 is 1.03 bits per heavy atom. The monoisotopic (exact) mass is 450 g/mol. The zero-order chi connectivity index (χ0) is 24.1. The number of phenolic OH excluding ortho intramolecular Hbond substituents is 1. The normalized spacial score (nSPS) is 17.4. The number of benzene rings is 1. The van der Waals surface area contributed by atoms with Crippen molar-refractivity contribution in [3.05, 3.63) is 44.8 Å². The van der Waals surface area contributed by atoms with Crippen molar-refractivity contribution in [1.29, 1.82) is 5.26 Å². The van der Waals surface area contributed by atoms with Crippen molar-refractivity contribution in [1.82, 2.24) is 0 Å². The second-order valence-electron chi connectivity index (χ2n) is 12.3. The molecular weight excluding hydrogens is 412 g/mol. The first-order valence-corrected chi connectivity index (χ1v) is 12.4. The molecule has 0 unspecified atom stereocenters. The minimum atomic E-state index is -0.185. The van der Waals surface area contributed by atoms with Gasteiger partial charge in [0.1, 0.15) is 16.8 Å². The Kier molecular flexibility index (Phi) is 6.39. The fourth-order valence-electron chi connectivity index (χ4n) is 4.52. The molecule has 1 atom stereocenters. The number of nitriles is 1. The number of aliphatic imine (C=N–C) groups is 1. The molecule has 0 saturated carbocycles. The number of fused-ring (bicyclic) bond motifs is 1. The maximum Gasteiger partial charge on any atom is 0.134 e.